The first-order valence-electron chi connectivity index (χ1n) is 29.0. The minimum Gasteiger partial charge on any atom is -0.466 e. The van der Waals surface area contributed by atoms with E-state index in [2.05, 4.69) is 19.2 Å². The summed E-state index contributed by atoms with van der Waals surface area (Å²) in [6.45, 7) is 4.90. The van der Waals surface area contributed by atoms with Crippen LogP contribution in [0.2, 0.25) is 0 Å². The van der Waals surface area contributed by atoms with Crippen LogP contribution >= 0.6 is 0 Å². The first-order valence-corrected chi connectivity index (χ1v) is 29.0. The molecular formula is C58H113NO5. The zero-order valence-electron chi connectivity index (χ0n) is 43.3. The van der Waals surface area contributed by atoms with Crippen LogP contribution in [0.3, 0.4) is 0 Å². The summed E-state index contributed by atoms with van der Waals surface area (Å²) in [4.78, 5) is 24.5. The van der Waals surface area contributed by atoms with Crippen LogP contribution in [-0.4, -0.2) is 47.4 Å². The largest absolute Gasteiger partial charge is 0.466 e. The number of unbranched alkanes of at least 4 members (excludes halogenated alkanes) is 43. The SMILES string of the molecule is CCCCCCCCCC/C=C/C(O)C(CO)NC(=O)CCCCCCCCCCCCCCCCCCCCCCOC(=O)CCCCCCCCCCCCCCCCCCC. The van der Waals surface area contributed by atoms with Gasteiger partial charge < -0.3 is 20.3 Å². The topological polar surface area (TPSA) is 95.9 Å². The van der Waals surface area contributed by atoms with Gasteiger partial charge in [-0.3, -0.25) is 9.59 Å². The zero-order chi connectivity index (χ0) is 46.5. The van der Waals surface area contributed by atoms with Crippen molar-refractivity contribution >= 4 is 11.9 Å². The van der Waals surface area contributed by atoms with Crippen molar-refractivity contribution in [3.63, 3.8) is 0 Å². The number of nitrogens with one attached hydrogen (secondary N) is 1. The second-order valence-electron chi connectivity index (χ2n) is 20.0. The number of ether oxygens (including phenoxy) is 1. The summed E-state index contributed by atoms with van der Waals surface area (Å²) in [6.07, 6.45) is 63.9. The molecule has 0 radical (unpaired) electrons. The van der Waals surface area contributed by atoms with E-state index in [-0.39, 0.29) is 18.5 Å². The van der Waals surface area contributed by atoms with E-state index in [4.69, 9.17) is 4.74 Å². The molecular weight excluding hydrogens is 791 g/mol. The molecule has 1 amide bonds. The molecule has 0 saturated heterocycles. The molecule has 0 aliphatic heterocycles. The van der Waals surface area contributed by atoms with E-state index >= 15 is 0 Å². The summed E-state index contributed by atoms with van der Waals surface area (Å²) >= 11 is 0. The highest BCUT2D eigenvalue weighted by molar-refractivity contribution is 5.76. The highest BCUT2D eigenvalue weighted by Crippen LogP contribution is 2.17. The molecule has 0 rings (SSSR count). The fourth-order valence-electron chi connectivity index (χ4n) is 9.11. The van der Waals surface area contributed by atoms with Gasteiger partial charge in [-0.2, -0.15) is 0 Å². The monoisotopic (exact) mass is 904 g/mol. The third kappa shape index (κ3) is 50.0. The van der Waals surface area contributed by atoms with Gasteiger partial charge in [-0.25, -0.2) is 0 Å². The van der Waals surface area contributed by atoms with Gasteiger partial charge in [0.1, 0.15) is 0 Å². The Labute approximate surface area is 399 Å². The van der Waals surface area contributed by atoms with Crippen molar-refractivity contribution in [3.05, 3.63) is 12.2 Å². The number of esters is 1. The summed E-state index contributed by atoms with van der Waals surface area (Å²) in [5.74, 6) is -0.0565. The van der Waals surface area contributed by atoms with Crippen LogP contribution < -0.4 is 5.32 Å². The molecule has 2 atom stereocenters. The van der Waals surface area contributed by atoms with Gasteiger partial charge in [-0.1, -0.05) is 289 Å². The summed E-state index contributed by atoms with van der Waals surface area (Å²) in [7, 11) is 0. The smallest absolute Gasteiger partial charge is 0.305 e. The van der Waals surface area contributed by atoms with Crippen LogP contribution in [0, 0.1) is 0 Å². The Kier molecular flexibility index (Phi) is 53.0. The van der Waals surface area contributed by atoms with Crippen molar-refractivity contribution in [1.29, 1.82) is 0 Å². The minimum absolute atomic E-state index is 0.0141. The van der Waals surface area contributed by atoms with Gasteiger partial charge in [0.25, 0.3) is 0 Å². The highest BCUT2D eigenvalue weighted by atomic mass is 16.5. The van der Waals surface area contributed by atoms with E-state index in [1.54, 1.807) is 6.08 Å². The molecule has 0 spiro atoms. The maximum absolute atomic E-state index is 12.4. The van der Waals surface area contributed by atoms with Gasteiger partial charge in [0.2, 0.25) is 5.91 Å². The lowest BCUT2D eigenvalue weighted by Gasteiger charge is -2.20. The fourth-order valence-corrected chi connectivity index (χ4v) is 9.11. The molecule has 64 heavy (non-hydrogen) atoms. The lowest BCUT2D eigenvalue weighted by atomic mass is 10.0. The number of hydrogen-bond donors (Lipinski definition) is 3. The molecule has 0 aliphatic rings. The van der Waals surface area contributed by atoms with Crippen molar-refractivity contribution in [1.82, 2.24) is 5.32 Å². The number of amides is 1. The van der Waals surface area contributed by atoms with Gasteiger partial charge in [0.15, 0.2) is 0 Å². The first kappa shape index (κ1) is 62.6. The van der Waals surface area contributed by atoms with Crippen molar-refractivity contribution in [2.75, 3.05) is 13.2 Å². The maximum Gasteiger partial charge on any atom is 0.305 e. The second-order valence-corrected chi connectivity index (χ2v) is 20.0. The van der Waals surface area contributed by atoms with Crippen molar-refractivity contribution in [3.8, 4) is 0 Å². The van der Waals surface area contributed by atoms with E-state index in [1.165, 1.54) is 257 Å². The van der Waals surface area contributed by atoms with E-state index < -0.39 is 12.1 Å². The van der Waals surface area contributed by atoms with Crippen LogP contribution in [-0.2, 0) is 14.3 Å². The van der Waals surface area contributed by atoms with E-state index in [0.717, 1.165) is 38.5 Å². The number of hydrogen-bond acceptors (Lipinski definition) is 5. The van der Waals surface area contributed by atoms with Crippen molar-refractivity contribution < 1.29 is 24.5 Å². The van der Waals surface area contributed by atoms with E-state index in [9.17, 15) is 19.8 Å². The van der Waals surface area contributed by atoms with Crippen LogP contribution in [0.25, 0.3) is 0 Å². The number of allylic oxidation sites excluding steroid dienone is 1. The number of rotatable bonds is 54. The third-order valence-electron chi connectivity index (χ3n) is 13.6. The molecule has 0 bridgehead atoms. The Morgan fingerprint density at radius 2 is 0.719 bits per heavy atom. The first-order chi connectivity index (χ1) is 31.5. The molecule has 3 N–H and O–H groups in total. The zero-order valence-corrected chi connectivity index (χ0v) is 43.3. The number of aliphatic hydroxyl groups excluding tert-OH is 2. The van der Waals surface area contributed by atoms with Gasteiger partial charge in [-0.05, 0) is 32.1 Å². The molecule has 0 aromatic carbocycles. The molecule has 0 heterocycles. The summed E-state index contributed by atoms with van der Waals surface area (Å²) < 4.78 is 5.49. The average Bonchev–Trinajstić information content (AvgIpc) is 3.29. The minimum atomic E-state index is -0.843. The van der Waals surface area contributed by atoms with Gasteiger partial charge in [0.05, 0.1) is 25.4 Å². The van der Waals surface area contributed by atoms with Crippen LogP contribution in [0.1, 0.15) is 322 Å². The Morgan fingerprint density at radius 1 is 0.422 bits per heavy atom. The third-order valence-corrected chi connectivity index (χ3v) is 13.6. The second kappa shape index (κ2) is 54.2. The predicted octanol–water partition coefficient (Wildman–Crippen LogP) is 17.7. The molecule has 6 heteroatoms. The number of carbonyl (C=O) groups excluding carboxylic acids is 2. The normalized spacial score (nSPS) is 12.6. The molecule has 0 saturated carbocycles. The molecule has 0 fully saturated rings. The summed E-state index contributed by atoms with van der Waals surface area (Å²) in [6, 6.07) is -0.626. The average molecular weight is 905 g/mol. The molecule has 0 aliphatic carbocycles. The molecule has 0 aromatic rings. The molecule has 380 valence electrons. The van der Waals surface area contributed by atoms with Gasteiger partial charge in [-0.15, -0.1) is 0 Å². The molecule has 0 aromatic heterocycles. The summed E-state index contributed by atoms with van der Waals surface area (Å²) in [5.41, 5.74) is 0. The lowest BCUT2D eigenvalue weighted by Crippen LogP contribution is -2.45. The Hall–Kier alpha value is -1.40. The van der Waals surface area contributed by atoms with Crippen LogP contribution in [0.15, 0.2) is 12.2 Å². The van der Waals surface area contributed by atoms with Gasteiger partial charge in [0, 0.05) is 12.8 Å². The van der Waals surface area contributed by atoms with E-state index in [0.29, 0.717) is 19.4 Å². The van der Waals surface area contributed by atoms with Crippen molar-refractivity contribution in [2.24, 2.45) is 0 Å². The summed E-state index contributed by atoms with van der Waals surface area (Å²) in [5, 5.41) is 23.0. The van der Waals surface area contributed by atoms with Gasteiger partial charge >= 0.3 is 5.97 Å². The van der Waals surface area contributed by atoms with Crippen molar-refractivity contribution in [2.45, 2.75) is 334 Å². The van der Waals surface area contributed by atoms with E-state index in [1.807, 2.05) is 6.08 Å². The molecule has 6 nitrogen and oxygen atoms in total. The highest BCUT2D eigenvalue weighted by Gasteiger charge is 2.18. The quantitative estimate of drug-likeness (QED) is 0.0321. The fraction of sp³-hybridized carbons (Fsp3) is 0.931. The molecule has 2 unspecified atom stereocenters. The Bertz CT molecular complexity index is 955. The number of carbonyl (C=O) groups is 2. The maximum atomic E-state index is 12.4. The number of aliphatic hydroxyl groups is 2. The predicted molar refractivity (Wildman–Crippen MR) is 278 cm³/mol. The van der Waals surface area contributed by atoms with Crippen LogP contribution in [0.4, 0.5) is 0 Å². The lowest BCUT2D eigenvalue weighted by molar-refractivity contribution is -0.143. The standard InChI is InChI=1S/C58H113NO5/c1-3-5-7-9-11-13-15-16-17-22-26-29-32-36-40-44-48-52-58(63)64-53-49-45-41-37-33-30-27-24-21-19-18-20-23-25-28-31-35-39-43-47-51-57(62)59-55(54-60)56(61)50-46-42-38-34-14-12-10-8-6-4-2/h46,50,55-56,60-61H,3-45,47-49,51-54H2,1-2H3,(H,59,62)/b50-46+. The Balaban J connectivity index is 3.36. The van der Waals surface area contributed by atoms with Crippen LogP contribution in [0.5, 0.6) is 0 Å². The Morgan fingerprint density at radius 3 is 1.06 bits per heavy atom.